The summed E-state index contributed by atoms with van der Waals surface area (Å²) < 4.78 is 0. The predicted octanol–water partition coefficient (Wildman–Crippen LogP) is 0.0265. The molecule has 0 aliphatic carbocycles. The molecule has 0 atom stereocenters. The Hall–Kier alpha value is -2.05. The normalized spacial score (nSPS) is 11.1. The maximum atomic E-state index is 11.6. The highest BCUT2D eigenvalue weighted by atomic mass is 16.2. The molecule has 5 N–H and O–H groups in total. The fourth-order valence-corrected chi connectivity index (χ4v) is 1.34. The molecule has 18 heavy (non-hydrogen) atoms. The van der Waals surface area contributed by atoms with Crippen molar-refractivity contribution in [3.05, 3.63) is 11.8 Å². The molecule has 1 aromatic heterocycles. The van der Waals surface area contributed by atoms with Crippen LogP contribution in [0.2, 0.25) is 0 Å². The van der Waals surface area contributed by atoms with Gasteiger partial charge in [0.2, 0.25) is 5.91 Å². The van der Waals surface area contributed by atoms with E-state index in [9.17, 15) is 9.59 Å². The Balaban J connectivity index is 2.33. The van der Waals surface area contributed by atoms with E-state index in [0.717, 1.165) is 0 Å². The number of rotatable bonds is 4. The minimum absolute atomic E-state index is 0.108. The molecule has 1 aromatic rings. The van der Waals surface area contributed by atoms with Crippen LogP contribution in [-0.2, 0) is 4.79 Å². The van der Waals surface area contributed by atoms with Gasteiger partial charge in [-0.1, -0.05) is 0 Å². The van der Waals surface area contributed by atoms with Crippen LogP contribution in [0.3, 0.4) is 0 Å². The van der Waals surface area contributed by atoms with Crippen molar-refractivity contribution in [3.63, 3.8) is 0 Å². The number of nitrogens with two attached hydrogens (primary N) is 1. The second-order valence-electron chi connectivity index (χ2n) is 5.00. The van der Waals surface area contributed by atoms with Crippen LogP contribution in [0.5, 0.6) is 0 Å². The fraction of sp³-hybridized carbons (Fsp3) is 0.545. The Labute approximate surface area is 106 Å². The van der Waals surface area contributed by atoms with Crippen LogP contribution in [-0.4, -0.2) is 34.1 Å². The van der Waals surface area contributed by atoms with E-state index in [1.165, 1.54) is 6.20 Å². The van der Waals surface area contributed by atoms with E-state index < -0.39 is 0 Å². The highest BCUT2D eigenvalue weighted by Crippen LogP contribution is 2.05. The van der Waals surface area contributed by atoms with Crippen molar-refractivity contribution in [1.82, 2.24) is 20.8 Å². The number of nitrogens with one attached hydrogen (secondary N) is 3. The van der Waals surface area contributed by atoms with Gasteiger partial charge < -0.3 is 16.4 Å². The van der Waals surface area contributed by atoms with Gasteiger partial charge in [-0.25, -0.2) is 0 Å². The van der Waals surface area contributed by atoms with Crippen LogP contribution >= 0.6 is 0 Å². The lowest BCUT2D eigenvalue weighted by molar-refractivity contribution is -0.122. The van der Waals surface area contributed by atoms with Crippen LogP contribution < -0.4 is 16.4 Å². The summed E-state index contributed by atoms with van der Waals surface area (Å²) in [5.41, 5.74) is 5.51. The molecule has 0 radical (unpaired) electrons. The van der Waals surface area contributed by atoms with E-state index in [1.54, 1.807) is 0 Å². The molecule has 0 spiro atoms. The SMILES string of the molecule is CC(C)(C)NC(=O)CCNC(=O)c1cn[nH]c1N. The zero-order valence-electron chi connectivity index (χ0n) is 10.8. The summed E-state index contributed by atoms with van der Waals surface area (Å²) >= 11 is 0. The molecular formula is C11H19N5O2. The lowest BCUT2D eigenvalue weighted by atomic mass is 10.1. The smallest absolute Gasteiger partial charge is 0.256 e. The van der Waals surface area contributed by atoms with Gasteiger partial charge in [0.15, 0.2) is 0 Å². The number of aromatic amines is 1. The van der Waals surface area contributed by atoms with E-state index in [2.05, 4.69) is 20.8 Å². The number of H-pyrrole nitrogens is 1. The van der Waals surface area contributed by atoms with E-state index in [-0.39, 0.29) is 41.7 Å². The van der Waals surface area contributed by atoms with Gasteiger partial charge >= 0.3 is 0 Å². The molecule has 0 aromatic carbocycles. The van der Waals surface area contributed by atoms with E-state index in [4.69, 9.17) is 5.73 Å². The first-order valence-corrected chi connectivity index (χ1v) is 5.67. The lowest BCUT2D eigenvalue weighted by Crippen LogP contribution is -2.42. The van der Waals surface area contributed by atoms with Gasteiger partial charge in [-0.15, -0.1) is 0 Å². The lowest BCUT2D eigenvalue weighted by Gasteiger charge is -2.20. The average molecular weight is 253 g/mol. The summed E-state index contributed by atoms with van der Waals surface area (Å²) in [7, 11) is 0. The highest BCUT2D eigenvalue weighted by molar-refractivity contribution is 5.98. The Morgan fingerprint density at radius 3 is 2.61 bits per heavy atom. The standard InChI is InChI=1S/C11H19N5O2/c1-11(2,3)15-8(17)4-5-13-10(18)7-6-14-16-9(7)12/h6H,4-5H2,1-3H3,(H,13,18)(H,15,17)(H3,12,14,16). The molecule has 0 aliphatic heterocycles. The van der Waals surface area contributed by atoms with Crippen LogP contribution in [0.25, 0.3) is 0 Å². The third kappa shape index (κ3) is 4.44. The molecule has 0 aliphatic rings. The molecule has 0 bridgehead atoms. The fourth-order valence-electron chi connectivity index (χ4n) is 1.34. The van der Waals surface area contributed by atoms with E-state index in [0.29, 0.717) is 0 Å². The Morgan fingerprint density at radius 1 is 1.44 bits per heavy atom. The van der Waals surface area contributed by atoms with Gasteiger partial charge in [0.05, 0.1) is 6.20 Å². The summed E-state index contributed by atoms with van der Waals surface area (Å²) in [6.45, 7) is 5.95. The van der Waals surface area contributed by atoms with Crippen molar-refractivity contribution < 1.29 is 9.59 Å². The van der Waals surface area contributed by atoms with Gasteiger partial charge in [-0.3, -0.25) is 14.7 Å². The molecule has 0 unspecified atom stereocenters. The van der Waals surface area contributed by atoms with Gasteiger partial charge in [0, 0.05) is 18.5 Å². The third-order valence-electron chi connectivity index (χ3n) is 2.07. The molecule has 7 heteroatoms. The number of carbonyl (C=O) groups is 2. The summed E-state index contributed by atoms with van der Waals surface area (Å²) in [5.74, 6) is -0.237. The number of anilines is 1. The van der Waals surface area contributed by atoms with Crippen LogP contribution in [0, 0.1) is 0 Å². The Bertz CT molecular complexity index is 433. The van der Waals surface area contributed by atoms with Crippen molar-refractivity contribution in [3.8, 4) is 0 Å². The monoisotopic (exact) mass is 253 g/mol. The minimum atomic E-state index is -0.343. The summed E-state index contributed by atoms with van der Waals surface area (Å²) in [4.78, 5) is 23.1. The maximum absolute atomic E-state index is 11.6. The summed E-state index contributed by atoms with van der Waals surface area (Å²) in [6.07, 6.45) is 1.57. The number of nitrogens with zero attached hydrogens (tertiary/aromatic N) is 1. The maximum Gasteiger partial charge on any atom is 0.256 e. The van der Waals surface area contributed by atoms with Crippen LogP contribution in [0.15, 0.2) is 6.20 Å². The minimum Gasteiger partial charge on any atom is -0.383 e. The number of carbonyl (C=O) groups excluding carboxylic acids is 2. The molecule has 1 heterocycles. The first kappa shape index (κ1) is 14.0. The predicted molar refractivity (Wildman–Crippen MR) is 67.8 cm³/mol. The molecule has 2 amide bonds. The van der Waals surface area contributed by atoms with Crippen LogP contribution in [0.4, 0.5) is 5.82 Å². The second-order valence-corrected chi connectivity index (χ2v) is 5.00. The Kier molecular flexibility index (Phi) is 4.30. The van der Waals surface area contributed by atoms with Gasteiger partial charge in [0.1, 0.15) is 11.4 Å². The second kappa shape index (κ2) is 5.52. The largest absolute Gasteiger partial charge is 0.383 e. The topological polar surface area (TPSA) is 113 Å². The van der Waals surface area contributed by atoms with Gasteiger partial charge in [-0.05, 0) is 20.8 Å². The number of hydrogen-bond donors (Lipinski definition) is 4. The zero-order chi connectivity index (χ0) is 13.8. The van der Waals surface area contributed by atoms with Crippen molar-refractivity contribution in [1.29, 1.82) is 0 Å². The quantitative estimate of drug-likeness (QED) is 0.606. The van der Waals surface area contributed by atoms with E-state index >= 15 is 0 Å². The first-order chi connectivity index (χ1) is 8.29. The van der Waals surface area contributed by atoms with Gasteiger partial charge in [-0.2, -0.15) is 5.10 Å². The van der Waals surface area contributed by atoms with Crippen molar-refractivity contribution in [2.45, 2.75) is 32.7 Å². The number of nitrogen functional groups attached to an aromatic ring is 1. The van der Waals surface area contributed by atoms with Crippen molar-refractivity contribution >= 4 is 17.6 Å². The van der Waals surface area contributed by atoms with Crippen LogP contribution in [0.1, 0.15) is 37.6 Å². The van der Waals surface area contributed by atoms with Crippen molar-refractivity contribution in [2.75, 3.05) is 12.3 Å². The van der Waals surface area contributed by atoms with Crippen molar-refractivity contribution in [2.24, 2.45) is 0 Å². The molecule has 100 valence electrons. The molecule has 1 rings (SSSR count). The third-order valence-corrected chi connectivity index (χ3v) is 2.07. The molecule has 0 saturated carbocycles. The Morgan fingerprint density at radius 2 is 2.11 bits per heavy atom. The molecule has 7 nitrogen and oxygen atoms in total. The molecule has 0 saturated heterocycles. The van der Waals surface area contributed by atoms with Gasteiger partial charge in [0.25, 0.3) is 5.91 Å². The number of amides is 2. The summed E-state index contributed by atoms with van der Waals surface area (Å²) in [6, 6.07) is 0. The number of hydrogen-bond acceptors (Lipinski definition) is 4. The first-order valence-electron chi connectivity index (χ1n) is 5.67. The number of aromatic nitrogens is 2. The summed E-state index contributed by atoms with van der Waals surface area (Å²) in [5, 5.41) is 11.5. The zero-order valence-corrected chi connectivity index (χ0v) is 10.8. The average Bonchev–Trinajstić information content (AvgIpc) is 2.61. The van der Waals surface area contributed by atoms with E-state index in [1.807, 2.05) is 20.8 Å². The molecular weight excluding hydrogens is 234 g/mol. The molecule has 0 fully saturated rings. The highest BCUT2D eigenvalue weighted by Gasteiger charge is 2.14.